The Morgan fingerprint density at radius 1 is 1.04 bits per heavy atom. The van der Waals surface area contributed by atoms with E-state index in [1.165, 1.54) is 12.1 Å². The number of hydrogen-bond donors (Lipinski definition) is 2. The van der Waals surface area contributed by atoms with Gasteiger partial charge in [-0.2, -0.15) is 0 Å². The molecule has 0 aliphatic rings. The van der Waals surface area contributed by atoms with E-state index in [2.05, 4.69) is 15.3 Å². The first-order chi connectivity index (χ1) is 13.5. The second-order valence-corrected chi connectivity index (χ2v) is 5.53. The van der Waals surface area contributed by atoms with Crippen LogP contribution in [0.4, 0.5) is 22.9 Å². The van der Waals surface area contributed by atoms with Crippen LogP contribution in [0.3, 0.4) is 0 Å². The lowest BCUT2D eigenvalue weighted by Crippen LogP contribution is -2.38. The van der Waals surface area contributed by atoms with Gasteiger partial charge in [-0.3, -0.25) is 20.1 Å². The zero-order valence-electron chi connectivity index (χ0n) is 14.5. The number of carbonyl (C=O) groups excluding carboxylic acids is 1. The molecule has 0 unspecified atom stereocenters. The van der Waals surface area contributed by atoms with Crippen LogP contribution in [0.1, 0.15) is 0 Å². The maximum atomic E-state index is 12.7. The molecule has 0 spiro atoms. The van der Waals surface area contributed by atoms with Crippen molar-refractivity contribution in [3.05, 3.63) is 89.1 Å². The van der Waals surface area contributed by atoms with Gasteiger partial charge < -0.3 is 5.32 Å². The Hall–Kier alpha value is -4.11. The van der Waals surface area contributed by atoms with Gasteiger partial charge in [0.15, 0.2) is 0 Å². The lowest BCUT2D eigenvalue weighted by Gasteiger charge is -2.18. The second-order valence-electron chi connectivity index (χ2n) is 5.53. The molecule has 28 heavy (non-hydrogen) atoms. The average molecular weight is 377 g/mol. The van der Waals surface area contributed by atoms with Crippen LogP contribution in [0, 0.1) is 10.1 Å². The Labute approximate surface area is 159 Å². The van der Waals surface area contributed by atoms with Gasteiger partial charge in [0.05, 0.1) is 16.3 Å². The van der Waals surface area contributed by atoms with E-state index in [4.69, 9.17) is 0 Å². The van der Waals surface area contributed by atoms with Crippen molar-refractivity contribution >= 4 is 34.6 Å². The molecule has 1 heterocycles. The molecular weight excluding hydrogens is 362 g/mol. The van der Waals surface area contributed by atoms with E-state index in [0.29, 0.717) is 16.4 Å². The molecule has 9 nitrogen and oxygen atoms in total. The molecule has 0 atom stereocenters. The SMILES string of the molecule is O=C(Nc1ccc([N+](=O)[O-])cn1)C(=Nc1ccccc1)N(O)c1ccccc1. The fourth-order valence-electron chi connectivity index (χ4n) is 2.25. The van der Waals surface area contributed by atoms with Gasteiger partial charge in [0.2, 0.25) is 5.84 Å². The summed E-state index contributed by atoms with van der Waals surface area (Å²) < 4.78 is 0. The van der Waals surface area contributed by atoms with Gasteiger partial charge >= 0.3 is 0 Å². The van der Waals surface area contributed by atoms with E-state index in [0.717, 1.165) is 6.20 Å². The molecule has 3 aromatic rings. The van der Waals surface area contributed by atoms with Crippen LogP contribution in [0.5, 0.6) is 0 Å². The van der Waals surface area contributed by atoms with Gasteiger partial charge in [0, 0.05) is 6.07 Å². The summed E-state index contributed by atoms with van der Waals surface area (Å²) >= 11 is 0. The molecule has 140 valence electrons. The number of pyridine rings is 1. The zero-order valence-corrected chi connectivity index (χ0v) is 14.5. The fraction of sp³-hybridized carbons (Fsp3) is 0. The maximum absolute atomic E-state index is 12.7. The van der Waals surface area contributed by atoms with E-state index in [1.807, 2.05) is 0 Å². The van der Waals surface area contributed by atoms with E-state index >= 15 is 0 Å². The third kappa shape index (κ3) is 4.54. The van der Waals surface area contributed by atoms with E-state index < -0.39 is 10.8 Å². The number of hydrogen-bond acceptors (Lipinski definition) is 6. The number of nitrogens with zero attached hydrogens (tertiary/aromatic N) is 4. The summed E-state index contributed by atoms with van der Waals surface area (Å²) in [6.07, 6.45) is 1.03. The van der Waals surface area contributed by atoms with Crippen molar-refractivity contribution in [1.29, 1.82) is 0 Å². The maximum Gasteiger partial charge on any atom is 0.295 e. The second kappa shape index (κ2) is 8.52. The van der Waals surface area contributed by atoms with Gasteiger partial charge in [-0.05, 0) is 30.3 Å². The quantitative estimate of drug-likeness (QED) is 0.310. The molecule has 1 amide bonds. The Bertz CT molecular complexity index is 992. The number of benzene rings is 2. The summed E-state index contributed by atoms with van der Waals surface area (Å²) in [7, 11) is 0. The minimum atomic E-state index is -0.739. The highest BCUT2D eigenvalue weighted by molar-refractivity contribution is 6.46. The molecule has 3 rings (SSSR count). The number of hydroxylamine groups is 1. The number of anilines is 2. The molecule has 0 aliphatic heterocycles. The molecule has 0 radical (unpaired) electrons. The van der Waals surface area contributed by atoms with Crippen LogP contribution < -0.4 is 10.4 Å². The smallest absolute Gasteiger partial charge is 0.295 e. The highest BCUT2D eigenvalue weighted by Gasteiger charge is 2.21. The lowest BCUT2D eigenvalue weighted by molar-refractivity contribution is -0.385. The molecule has 0 saturated carbocycles. The average Bonchev–Trinajstić information content (AvgIpc) is 2.73. The number of carbonyl (C=O) groups is 1. The lowest BCUT2D eigenvalue weighted by atomic mass is 10.3. The highest BCUT2D eigenvalue weighted by Crippen LogP contribution is 2.17. The number of amides is 1. The largest absolute Gasteiger partial charge is 0.304 e. The summed E-state index contributed by atoms with van der Waals surface area (Å²) in [5, 5.41) is 24.4. The summed E-state index contributed by atoms with van der Waals surface area (Å²) in [6.45, 7) is 0. The Morgan fingerprint density at radius 2 is 1.68 bits per heavy atom. The number of nitro groups is 1. The zero-order chi connectivity index (χ0) is 19.9. The Kier molecular flexibility index (Phi) is 5.68. The van der Waals surface area contributed by atoms with E-state index in [-0.39, 0.29) is 17.3 Å². The number of aliphatic imine (C=N–C) groups is 1. The first kappa shape index (κ1) is 18.7. The van der Waals surface area contributed by atoms with Crippen LogP contribution in [0.2, 0.25) is 0 Å². The van der Waals surface area contributed by atoms with Gasteiger partial charge in [-0.25, -0.2) is 15.0 Å². The van der Waals surface area contributed by atoms with Gasteiger partial charge in [-0.15, -0.1) is 0 Å². The van der Waals surface area contributed by atoms with Gasteiger partial charge in [-0.1, -0.05) is 36.4 Å². The topological polar surface area (TPSA) is 121 Å². The first-order valence-electron chi connectivity index (χ1n) is 8.14. The van der Waals surface area contributed by atoms with Gasteiger partial charge in [0.1, 0.15) is 12.0 Å². The third-order valence-corrected chi connectivity index (χ3v) is 3.60. The highest BCUT2D eigenvalue weighted by atomic mass is 16.6. The standard InChI is InChI=1S/C19H15N5O4/c25-19(22-17-12-11-16(13-20-17)24(27)28)18(21-14-7-3-1-4-8-14)23(26)15-9-5-2-6-10-15/h1-13,26H,(H,20,22,25). The third-order valence-electron chi connectivity index (χ3n) is 3.60. The monoisotopic (exact) mass is 377 g/mol. The van der Waals surface area contributed by atoms with Gasteiger partial charge in [0.25, 0.3) is 11.6 Å². The number of amidine groups is 1. The predicted octanol–water partition coefficient (Wildman–Crippen LogP) is 3.55. The number of nitrogens with one attached hydrogen (secondary N) is 1. The normalized spacial score (nSPS) is 11.0. The minimum Gasteiger partial charge on any atom is -0.304 e. The van der Waals surface area contributed by atoms with Crippen molar-refractivity contribution in [2.45, 2.75) is 0 Å². The number of aromatic nitrogens is 1. The van der Waals surface area contributed by atoms with Crippen LogP contribution in [-0.4, -0.2) is 26.9 Å². The van der Waals surface area contributed by atoms with Crippen molar-refractivity contribution < 1.29 is 14.9 Å². The molecule has 0 saturated heterocycles. The Morgan fingerprint density at radius 3 is 2.25 bits per heavy atom. The van der Waals surface area contributed by atoms with Crippen molar-refractivity contribution in [2.24, 2.45) is 4.99 Å². The first-order valence-corrected chi connectivity index (χ1v) is 8.14. The summed E-state index contributed by atoms with van der Waals surface area (Å²) in [6, 6.07) is 19.5. The number of para-hydroxylation sites is 2. The van der Waals surface area contributed by atoms with Crippen molar-refractivity contribution in [3.63, 3.8) is 0 Å². The molecule has 0 bridgehead atoms. The van der Waals surface area contributed by atoms with Crippen LogP contribution in [0.15, 0.2) is 84.0 Å². The molecule has 2 aromatic carbocycles. The van der Waals surface area contributed by atoms with Crippen molar-refractivity contribution in [1.82, 2.24) is 4.98 Å². The molecule has 2 N–H and O–H groups in total. The molecule has 1 aromatic heterocycles. The van der Waals surface area contributed by atoms with Crippen LogP contribution in [-0.2, 0) is 4.79 Å². The Balaban J connectivity index is 1.90. The van der Waals surface area contributed by atoms with E-state index in [9.17, 15) is 20.1 Å². The van der Waals surface area contributed by atoms with E-state index in [1.54, 1.807) is 60.7 Å². The molecule has 9 heteroatoms. The minimum absolute atomic E-state index is 0.0813. The molecular formula is C19H15N5O4. The number of rotatable bonds is 4. The summed E-state index contributed by atoms with van der Waals surface area (Å²) in [4.78, 5) is 30.9. The molecule has 0 fully saturated rings. The van der Waals surface area contributed by atoms with Crippen LogP contribution in [0.25, 0.3) is 0 Å². The van der Waals surface area contributed by atoms with Crippen molar-refractivity contribution in [2.75, 3.05) is 10.4 Å². The summed E-state index contributed by atoms with van der Waals surface area (Å²) in [5.41, 5.74) is 0.590. The summed E-state index contributed by atoms with van der Waals surface area (Å²) in [5.74, 6) is -0.952. The predicted molar refractivity (Wildman–Crippen MR) is 104 cm³/mol. The van der Waals surface area contributed by atoms with Crippen molar-refractivity contribution in [3.8, 4) is 0 Å². The van der Waals surface area contributed by atoms with Crippen LogP contribution >= 0.6 is 0 Å². The fourth-order valence-corrected chi connectivity index (χ4v) is 2.25. The molecule has 0 aliphatic carbocycles.